The van der Waals surface area contributed by atoms with Crippen LogP contribution in [0.1, 0.15) is 5.56 Å². The molecule has 2 rings (SSSR count). The van der Waals surface area contributed by atoms with Crippen molar-refractivity contribution < 1.29 is 14.4 Å². The second kappa shape index (κ2) is 9.23. The van der Waals surface area contributed by atoms with Crippen LogP contribution in [0.4, 0.5) is 21.1 Å². The summed E-state index contributed by atoms with van der Waals surface area (Å²) >= 11 is 5.80. The molecule has 26 heavy (non-hydrogen) atoms. The molecule has 136 valence electrons. The van der Waals surface area contributed by atoms with Gasteiger partial charge in [0.25, 0.3) is 5.91 Å². The fourth-order valence-corrected chi connectivity index (χ4v) is 1.95. The largest absolute Gasteiger partial charge is 0.337 e. The van der Waals surface area contributed by atoms with Crippen LogP contribution in [0.3, 0.4) is 0 Å². The molecule has 5 amide bonds. The number of amides is 5. The van der Waals surface area contributed by atoms with Gasteiger partial charge in [0.2, 0.25) is 0 Å². The van der Waals surface area contributed by atoms with Crippen LogP contribution >= 0.6 is 11.6 Å². The smallest absolute Gasteiger partial charge is 0.329 e. The highest BCUT2D eigenvalue weighted by Crippen LogP contribution is 2.14. The van der Waals surface area contributed by atoms with Crippen molar-refractivity contribution in [2.24, 2.45) is 0 Å². The Morgan fingerprint density at radius 2 is 1.85 bits per heavy atom. The zero-order valence-electron chi connectivity index (χ0n) is 13.8. The Balaban J connectivity index is 1.67. The molecule has 2 aromatic rings. The molecule has 0 atom stereocenters. The van der Waals surface area contributed by atoms with Crippen molar-refractivity contribution in [3.8, 4) is 0 Å². The maximum Gasteiger partial charge on any atom is 0.337 e. The van der Waals surface area contributed by atoms with Crippen molar-refractivity contribution in [3.63, 3.8) is 0 Å². The number of aromatic nitrogens is 1. The van der Waals surface area contributed by atoms with E-state index in [1.54, 1.807) is 42.6 Å². The van der Waals surface area contributed by atoms with Gasteiger partial charge in [-0.25, -0.2) is 20.0 Å². The molecule has 0 unspecified atom stereocenters. The Hall–Kier alpha value is -3.33. The van der Waals surface area contributed by atoms with Crippen molar-refractivity contribution in [3.05, 3.63) is 53.2 Å². The SMILES string of the molecule is Cc1ccc(NC(=O)NCC(=O)NNC(=O)Nc2cccc(Cl)c2)nc1. The number of carbonyl (C=O) groups excluding carboxylic acids is 3. The number of hydrogen-bond donors (Lipinski definition) is 5. The van der Waals surface area contributed by atoms with Crippen LogP contribution in [0.25, 0.3) is 0 Å². The molecular formula is C16H17ClN6O3. The maximum absolute atomic E-state index is 11.7. The number of nitrogens with one attached hydrogen (secondary N) is 5. The molecule has 1 aromatic carbocycles. The fourth-order valence-electron chi connectivity index (χ4n) is 1.76. The maximum atomic E-state index is 11.7. The van der Waals surface area contributed by atoms with Crippen molar-refractivity contribution in [1.29, 1.82) is 0 Å². The molecule has 9 nitrogen and oxygen atoms in total. The zero-order valence-corrected chi connectivity index (χ0v) is 14.6. The van der Waals surface area contributed by atoms with E-state index in [1.807, 2.05) is 6.92 Å². The number of urea groups is 2. The molecule has 0 aliphatic heterocycles. The van der Waals surface area contributed by atoms with Gasteiger partial charge in [0.1, 0.15) is 12.4 Å². The Morgan fingerprint density at radius 3 is 2.54 bits per heavy atom. The standard InChI is InChI=1S/C16H17ClN6O3/c1-10-5-6-13(18-8-10)21-15(25)19-9-14(24)22-23-16(26)20-12-4-2-3-11(17)7-12/h2-8H,9H2,1H3,(H,22,24)(H2,20,23,26)(H2,18,19,21,25). The van der Waals surface area contributed by atoms with Gasteiger partial charge < -0.3 is 10.6 Å². The zero-order chi connectivity index (χ0) is 18.9. The van der Waals surface area contributed by atoms with Gasteiger partial charge in [0.15, 0.2) is 0 Å². The molecule has 0 saturated heterocycles. The van der Waals surface area contributed by atoms with Crippen LogP contribution in [-0.2, 0) is 4.79 Å². The van der Waals surface area contributed by atoms with Crippen LogP contribution in [0.5, 0.6) is 0 Å². The molecule has 0 aliphatic rings. The first-order valence-electron chi connectivity index (χ1n) is 7.51. The summed E-state index contributed by atoms with van der Waals surface area (Å²) in [5, 5.41) is 7.76. The highest BCUT2D eigenvalue weighted by molar-refractivity contribution is 6.30. The highest BCUT2D eigenvalue weighted by Gasteiger charge is 2.08. The van der Waals surface area contributed by atoms with Gasteiger partial charge in [-0.1, -0.05) is 23.7 Å². The van der Waals surface area contributed by atoms with E-state index in [0.717, 1.165) is 5.56 Å². The number of carbonyl (C=O) groups is 3. The van der Waals surface area contributed by atoms with Crippen molar-refractivity contribution in [2.75, 3.05) is 17.2 Å². The van der Waals surface area contributed by atoms with Crippen molar-refractivity contribution in [1.82, 2.24) is 21.2 Å². The van der Waals surface area contributed by atoms with Crippen LogP contribution in [0, 0.1) is 6.92 Å². The van der Waals surface area contributed by atoms with Gasteiger partial charge in [-0.2, -0.15) is 0 Å². The fraction of sp³-hybridized carbons (Fsp3) is 0.125. The summed E-state index contributed by atoms with van der Waals surface area (Å²) in [7, 11) is 0. The molecule has 0 saturated carbocycles. The number of hydrogen-bond acceptors (Lipinski definition) is 4. The molecule has 0 fully saturated rings. The first-order chi connectivity index (χ1) is 12.4. The number of aryl methyl sites for hydroxylation is 1. The van der Waals surface area contributed by atoms with E-state index in [4.69, 9.17) is 11.6 Å². The summed E-state index contributed by atoms with van der Waals surface area (Å²) in [6, 6.07) is 8.69. The summed E-state index contributed by atoms with van der Waals surface area (Å²) in [5.41, 5.74) is 5.73. The monoisotopic (exact) mass is 376 g/mol. The highest BCUT2D eigenvalue weighted by atomic mass is 35.5. The molecule has 0 radical (unpaired) electrons. The number of hydrazine groups is 1. The number of rotatable bonds is 4. The van der Waals surface area contributed by atoms with Crippen molar-refractivity contribution >= 4 is 41.1 Å². The minimum absolute atomic E-state index is 0.338. The van der Waals surface area contributed by atoms with E-state index >= 15 is 0 Å². The minimum Gasteiger partial charge on any atom is -0.329 e. The van der Waals surface area contributed by atoms with Gasteiger partial charge in [0.05, 0.1) is 0 Å². The number of benzene rings is 1. The number of halogens is 1. The average Bonchev–Trinajstić information content (AvgIpc) is 2.60. The lowest BCUT2D eigenvalue weighted by molar-refractivity contribution is -0.120. The van der Waals surface area contributed by atoms with Crippen LogP contribution in [0.15, 0.2) is 42.6 Å². The third kappa shape index (κ3) is 6.65. The van der Waals surface area contributed by atoms with E-state index in [2.05, 4.69) is 31.8 Å². The summed E-state index contributed by atoms with van der Waals surface area (Å²) < 4.78 is 0. The van der Waals surface area contributed by atoms with Crippen LogP contribution < -0.4 is 26.8 Å². The summed E-state index contributed by atoms with van der Waals surface area (Å²) in [6.45, 7) is 1.53. The Kier molecular flexibility index (Phi) is 6.75. The van der Waals surface area contributed by atoms with Crippen molar-refractivity contribution in [2.45, 2.75) is 6.92 Å². The van der Waals surface area contributed by atoms with E-state index < -0.39 is 18.0 Å². The molecular weight excluding hydrogens is 360 g/mol. The molecule has 1 aromatic heterocycles. The number of anilines is 2. The van der Waals surface area contributed by atoms with Crippen LogP contribution in [-0.4, -0.2) is 29.5 Å². The number of nitrogens with zero attached hydrogens (tertiary/aromatic N) is 1. The minimum atomic E-state index is -0.658. The first-order valence-corrected chi connectivity index (χ1v) is 7.89. The normalized spacial score (nSPS) is 9.77. The van der Waals surface area contributed by atoms with E-state index in [0.29, 0.717) is 16.5 Å². The Morgan fingerprint density at radius 1 is 1.04 bits per heavy atom. The Labute approximate surface area is 154 Å². The topological polar surface area (TPSA) is 124 Å². The lowest BCUT2D eigenvalue weighted by Crippen LogP contribution is -2.48. The summed E-state index contributed by atoms with van der Waals surface area (Å²) in [6.07, 6.45) is 1.60. The van der Waals surface area contributed by atoms with E-state index in [-0.39, 0.29) is 6.54 Å². The quantitative estimate of drug-likeness (QED) is 0.523. The third-order valence-corrected chi connectivity index (χ3v) is 3.20. The van der Waals surface area contributed by atoms with Gasteiger partial charge >= 0.3 is 12.1 Å². The van der Waals surface area contributed by atoms with Gasteiger partial charge in [-0.05, 0) is 36.8 Å². The van der Waals surface area contributed by atoms with E-state index in [1.165, 1.54) is 0 Å². The second-order valence-corrected chi connectivity index (χ2v) is 5.60. The average molecular weight is 377 g/mol. The molecule has 0 spiro atoms. The third-order valence-electron chi connectivity index (χ3n) is 2.96. The summed E-state index contributed by atoms with van der Waals surface area (Å²) in [4.78, 5) is 38.9. The van der Waals surface area contributed by atoms with E-state index in [9.17, 15) is 14.4 Å². The second-order valence-electron chi connectivity index (χ2n) is 5.17. The lowest BCUT2D eigenvalue weighted by Gasteiger charge is -2.10. The van der Waals surface area contributed by atoms with Gasteiger partial charge in [0, 0.05) is 16.9 Å². The predicted octanol–water partition coefficient (Wildman–Crippen LogP) is 2.02. The molecule has 10 heteroatoms. The molecule has 1 heterocycles. The summed E-state index contributed by atoms with van der Waals surface area (Å²) in [5.74, 6) is -0.259. The first kappa shape index (κ1) is 19.0. The molecule has 0 aliphatic carbocycles. The van der Waals surface area contributed by atoms with Crippen LogP contribution in [0.2, 0.25) is 5.02 Å². The number of pyridine rings is 1. The molecule has 5 N–H and O–H groups in total. The lowest BCUT2D eigenvalue weighted by atomic mass is 10.3. The van der Waals surface area contributed by atoms with Gasteiger partial charge in [-0.15, -0.1) is 0 Å². The predicted molar refractivity (Wildman–Crippen MR) is 97.7 cm³/mol. The molecule has 0 bridgehead atoms. The van der Waals surface area contributed by atoms with Gasteiger partial charge in [-0.3, -0.25) is 15.5 Å². The Bertz CT molecular complexity index is 797.